The summed E-state index contributed by atoms with van der Waals surface area (Å²) in [5.41, 5.74) is 0. The molecule has 0 radical (unpaired) electrons. The van der Waals surface area contributed by atoms with Crippen molar-refractivity contribution in [3.8, 4) is 0 Å². The Morgan fingerprint density at radius 3 is 2.48 bits per heavy atom. The third-order valence-corrected chi connectivity index (χ3v) is 4.33. The molecule has 1 rings (SSSR count). The Morgan fingerprint density at radius 1 is 1.33 bits per heavy atom. The molecular formula is C16H32N2O3. The molecule has 1 heterocycles. The summed E-state index contributed by atoms with van der Waals surface area (Å²) < 4.78 is 5.79. The van der Waals surface area contributed by atoms with Crippen LogP contribution in [0.5, 0.6) is 0 Å². The predicted octanol–water partition coefficient (Wildman–Crippen LogP) is 1.63. The highest BCUT2D eigenvalue weighted by Crippen LogP contribution is 2.22. The van der Waals surface area contributed by atoms with E-state index in [0.717, 1.165) is 26.2 Å². The third-order valence-electron chi connectivity index (χ3n) is 4.33. The minimum Gasteiger partial charge on any atom is -0.480 e. The number of morpholine rings is 1. The van der Waals surface area contributed by atoms with Crippen LogP contribution in [-0.4, -0.2) is 73.4 Å². The summed E-state index contributed by atoms with van der Waals surface area (Å²) in [7, 11) is 1.83. The van der Waals surface area contributed by atoms with Crippen LogP contribution < -0.4 is 0 Å². The number of carbonyl (C=O) groups is 1. The number of nitrogens with zero attached hydrogens (tertiary/aromatic N) is 2. The van der Waals surface area contributed by atoms with Crippen LogP contribution in [0.15, 0.2) is 0 Å². The average molecular weight is 300 g/mol. The zero-order chi connectivity index (χ0) is 16.0. The van der Waals surface area contributed by atoms with E-state index in [1.807, 2.05) is 11.9 Å². The molecule has 1 saturated heterocycles. The number of likely N-dealkylation sites (N-methyl/N-ethyl adjacent to an activating group) is 1. The van der Waals surface area contributed by atoms with Crippen molar-refractivity contribution in [2.45, 2.75) is 33.8 Å². The molecule has 1 unspecified atom stereocenters. The molecule has 0 aliphatic carbocycles. The summed E-state index contributed by atoms with van der Waals surface area (Å²) in [4.78, 5) is 15.0. The lowest BCUT2D eigenvalue weighted by Crippen LogP contribution is -2.49. The van der Waals surface area contributed by atoms with Crippen LogP contribution >= 0.6 is 0 Å². The van der Waals surface area contributed by atoms with E-state index in [1.54, 1.807) is 0 Å². The van der Waals surface area contributed by atoms with Crippen molar-refractivity contribution in [2.24, 2.45) is 17.8 Å². The molecule has 0 saturated carbocycles. The van der Waals surface area contributed by atoms with E-state index in [9.17, 15) is 4.79 Å². The average Bonchev–Trinajstić information content (AvgIpc) is 2.34. The topological polar surface area (TPSA) is 53.0 Å². The van der Waals surface area contributed by atoms with Gasteiger partial charge in [-0.2, -0.15) is 0 Å². The van der Waals surface area contributed by atoms with Gasteiger partial charge in [0.15, 0.2) is 0 Å². The van der Waals surface area contributed by atoms with E-state index >= 15 is 0 Å². The van der Waals surface area contributed by atoms with E-state index in [4.69, 9.17) is 9.84 Å². The summed E-state index contributed by atoms with van der Waals surface area (Å²) in [5, 5.41) is 8.81. The summed E-state index contributed by atoms with van der Waals surface area (Å²) in [6.45, 7) is 13.7. The van der Waals surface area contributed by atoms with Gasteiger partial charge in [-0.05, 0) is 24.8 Å². The monoisotopic (exact) mass is 300 g/mol. The molecule has 1 atom stereocenters. The highest BCUT2D eigenvalue weighted by atomic mass is 16.5. The van der Waals surface area contributed by atoms with Gasteiger partial charge in [-0.25, -0.2) is 0 Å². The lowest BCUT2D eigenvalue weighted by Gasteiger charge is -2.38. The number of rotatable bonds is 8. The minimum absolute atomic E-state index is 0.0699. The van der Waals surface area contributed by atoms with Crippen LogP contribution in [0.25, 0.3) is 0 Å². The molecule has 5 heteroatoms. The van der Waals surface area contributed by atoms with Crippen LogP contribution in [0.4, 0.5) is 0 Å². The van der Waals surface area contributed by atoms with Gasteiger partial charge in [-0.15, -0.1) is 0 Å². The fourth-order valence-corrected chi connectivity index (χ4v) is 3.19. The Balaban J connectivity index is 2.46. The second-order valence-electron chi connectivity index (χ2n) is 6.99. The van der Waals surface area contributed by atoms with Gasteiger partial charge in [0.25, 0.3) is 0 Å². The minimum atomic E-state index is -0.787. The number of hydrogen-bond donors (Lipinski definition) is 1. The predicted molar refractivity (Wildman–Crippen MR) is 84.5 cm³/mol. The Hall–Kier alpha value is -0.650. The summed E-state index contributed by atoms with van der Waals surface area (Å²) in [5.74, 6) is 1.27. The molecule has 0 aromatic rings. The van der Waals surface area contributed by atoms with Crippen molar-refractivity contribution in [3.63, 3.8) is 0 Å². The molecule has 0 bridgehead atoms. The van der Waals surface area contributed by atoms with Crippen LogP contribution in [0.1, 0.15) is 27.7 Å². The van der Waals surface area contributed by atoms with Gasteiger partial charge in [0, 0.05) is 26.2 Å². The molecule has 1 N–H and O–H groups in total. The number of carboxylic acids is 1. The Labute approximate surface area is 129 Å². The lowest BCUT2D eigenvalue weighted by atomic mass is 9.85. The molecule has 21 heavy (non-hydrogen) atoms. The van der Waals surface area contributed by atoms with Crippen LogP contribution in [0.3, 0.4) is 0 Å². The van der Waals surface area contributed by atoms with Gasteiger partial charge in [0.1, 0.15) is 0 Å². The molecule has 124 valence electrons. The molecule has 1 fully saturated rings. The van der Waals surface area contributed by atoms with Crippen molar-refractivity contribution in [2.75, 3.05) is 46.4 Å². The zero-order valence-electron chi connectivity index (χ0n) is 14.2. The maximum absolute atomic E-state index is 10.7. The van der Waals surface area contributed by atoms with Crippen LogP contribution in [0.2, 0.25) is 0 Å². The van der Waals surface area contributed by atoms with Crippen molar-refractivity contribution in [1.82, 2.24) is 9.80 Å². The molecule has 0 aromatic carbocycles. The number of aliphatic carboxylic acids is 1. The van der Waals surface area contributed by atoms with Gasteiger partial charge in [-0.1, -0.05) is 27.7 Å². The first kappa shape index (κ1) is 18.4. The van der Waals surface area contributed by atoms with Crippen molar-refractivity contribution in [1.29, 1.82) is 0 Å². The van der Waals surface area contributed by atoms with E-state index in [2.05, 4.69) is 32.6 Å². The van der Waals surface area contributed by atoms with E-state index in [0.29, 0.717) is 24.3 Å². The normalized spacial score (nSPS) is 20.9. The largest absolute Gasteiger partial charge is 0.480 e. The van der Waals surface area contributed by atoms with Crippen LogP contribution in [0, 0.1) is 17.8 Å². The number of ether oxygens (including phenoxy) is 1. The van der Waals surface area contributed by atoms with Crippen LogP contribution in [-0.2, 0) is 9.53 Å². The summed E-state index contributed by atoms with van der Waals surface area (Å²) in [6.07, 6.45) is 0.114. The van der Waals surface area contributed by atoms with Gasteiger partial charge in [-0.3, -0.25) is 14.6 Å². The molecule has 1 aliphatic heterocycles. The van der Waals surface area contributed by atoms with E-state index in [1.165, 1.54) is 0 Å². The second kappa shape index (κ2) is 8.71. The molecule has 0 amide bonds. The highest BCUT2D eigenvalue weighted by Gasteiger charge is 2.26. The second-order valence-corrected chi connectivity index (χ2v) is 6.99. The van der Waals surface area contributed by atoms with Gasteiger partial charge >= 0.3 is 5.97 Å². The first-order valence-electron chi connectivity index (χ1n) is 8.03. The van der Waals surface area contributed by atoms with Gasteiger partial charge in [0.2, 0.25) is 0 Å². The molecule has 5 nitrogen and oxygen atoms in total. The fraction of sp³-hybridized carbons (Fsp3) is 0.938. The van der Waals surface area contributed by atoms with Crippen molar-refractivity contribution in [3.05, 3.63) is 0 Å². The molecule has 0 aromatic heterocycles. The Bertz CT molecular complexity index is 313. The molecular weight excluding hydrogens is 268 g/mol. The third kappa shape index (κ3) is 6.76. The number of hydrogen-bond acceptors (Lipinski definition) is 4. The smallest absolute Gasteiger partial charge is 0.317 e. The van der Waals surface area contributed by atoms with Crippen molar-refractivity contribution < 1.29 is 14.6 Å². The highest BCUT2D eigenvalue weighted by molar-refractivity contribution is 5.68. The van der Waals surface area contributed by atoms with Gasteiger partial charge in [0.05, 0.1) is 19.3 Å². The molecule has 0 spiro atoms. The quantitative estimate of drug-likeness (QED) is 0.738. The first-order valence-corrected chi connectivity index (χ1v) is 8.03. The van der Waals surface area contributed by atoms with Gasteiger partial charge < -0.3 is 9.84 Å². The maximum atomic E-state index is 10.7. The summed E-state index contributed by atoms with van der Waals surface area (Å²) in [6, 6.07) is 0. The molecule has 1 aliphatic rings. The fourth-order valence-electron chi connectivity index (χ4n) is 3.19. The Morgan fingerprint density at radius 2 is 1.95 bits per heavy atom. The SMILES string of the molecule is CC(C)C(CN1CCOC(CN(C)CC(=O)O)C1)C(C)C. The summed E-state index contributed by atoms with van der Waals surface area (Å²) >= 11 is 0. The standard InChI is InChI=1S/C16H32N2O3/c1-12(2)15(13(3)4)10-18-6-7-21-14(9-18)8-17(5)11-16(19)20/h12-15H,6-11H2,1-5H3,(H,19,20). The van der Waals surface area contributed by atoms with Crippen molar-refractivity contribution >= 4 is 5.97 Å². The maximum Gasteiger partial charge on any atom is 0.317 e. The Kier molecular flexibility index (Phi) is 7.63. The zero-order valence-corrected chi connectivity index (χ0v) is 14.2. The number of carboxylic acid groups (broad SMARTS) is 1. The first-order chi connectivity index (χ1) is 9.79. The lowest BCUT2D eigenvalue weighted by molar-refractivity contribution is -0.138. The van der Waals surface area contributed by atoms with E-state index < -0.39 is 5.97 Å². The van der Waals surface area contributed by atoms with E-state index in [-0.39, 0.29) is 12.6 Å².